The summed E-state index contributed by atoms with van der Waals surface area (Å²) >= 11 is 0. The first-order valence-corrected chi connectivity index (χ1v) is 7.29. The Labute approximate surface area is 148 Å². The minimum absolute atomic E-state index is 0.0610. The fourth-order valence-corrected chi connectivity index (χ4v) is 2.18. The molecule has 3 N–H and O–H groups in total. The number of aliphatic imine (C=N–C) groups is 3. The standard InChI is InChI=1S/C16H9F6N5/c17-6-1-3-8(14(21)12(6)19)24-10-5-11(27-16(23)26-10)25-9-4-2-7(18)13(20)15(9)22/h1-4H,5H2,(H3,23,24,25,26,27). The molecule has 5 nitrogen and oxygen atoms in total. The Bertz CT molecular complexity index is 1010. The third-order valence-electron chi connectivity index (χ3n) is 3.40. The topological polar surface area (TPSA) is 75.1 Å². The van der Waals surface area contributed by atoms with Crippen LogP contribution in [0.3, 0.4) is 0 Å². The van der Waals surface area contributed by atoms with Gasteiger partial charge in [-0.2, -0.15) is 9.98 Å². The Morgan fingerprint density at radius 1 is 0.815 bits per heavy atom. The first-order valence-electron chi connectivity index (χ1n) is 7.29. The minimum Gasteiger partial charge on any atom is -0.368 e. The summed E-state index contributed by atoms with van der Waals surface area (Å²) in [6, 6.07) is 3.20. The predicted octanol–water partition coefficient (Wildman–Crippen LogP) is 3.78. The van der Waals surface area contributed by atoms with Gasteiger partial charge >= 0.3 is 0 Å². The average molecular weight is 385 g/mol. The summed E-state index contributed by atoms with van der Waals surface area (Å²) in [5, 5.41) is 2.40. The molecule has 0 aliphatic carbocycles. The lowest BCUT2D eigenvalue weighted by Crippen LogP contribution is -2.27. The van der Waals surface area contributed by atoms with Crippen molar-refractivity contribution in [1.82, 2.24) is 0 Å². The number of hydrogen-bond donors (Lipinski definition) is 2. The minimum atomic E-state index is -1.71. The van der Waals surface area contributed by atoms with Crippen molar-refractivity contribution in [2.24, 2.45) is 20.7 Å². The molecule has 140 valence electrons. The van der Waals surface area contributed by atoms with Crippen molar-refractivity contribution in [3.63, 3.8) is 0 Å². The molecule has 0 atom stereocenters. The van der Waals surface area contributed by atoms with E-state index in [-0.39, 0.29) is 24.1 Å². The fraction of sp³-hybridized carbons (Fsp3) is 0.0625. The Balaban J connectivity index is 1.89. The van der Waals surface area contributed by atoms with Crippen molar-refractivity contribution in [2.75, 3.05) is 5.32 Å². The zero-order chi connectivity index (χ0) is 19.7. The van der Waals surface area contributed by atoms with Crippen LogP contribution in [-0.4, -0.2) is 17.6 Å². The highest BCUT2D eigenvalue weighted by atomic mass is 19.2. The first kappa shape index (κ1) is 18.4. The van der Waals surface area contributed by atoms with E-state index in [1.165, 1.54) is 0 Å². The van der Waals surface area contributed by atoms with Crippen molar-refractivity contribution in [3.8, 4) is 0 Å². The van der Waals surface area contributed by atoms with Crippen LogP contribution < -0.4 is 11.1 Å². The number of benzene rings is 2. The molecule has 0 bridgehead atoms. The quantitative estimate of drug-likeness (QED) is 0.610. The Hall–Kier alpha value is -3.37. The van der Waals surface area contributed by atoms with Crippen molar-refractivity contribution in [3.05, 3.63) is 59.2 Å². The molecule has 0 spiro atoms. The van der Waals surface area contributed by atoms with Crippen molar-refractivity contribution >= 4 is 29.0 Å². The van der Waals surface area contributed by atoms with E-state index in [1.807, 2.05) is 0 Å². The maximum Gasteiger partial charge on any atom is 0.223 e. The third kappa shape index (κ3) is 3.76. The van der Waals surface area contributed by atoms with Crippen LogP contribution in [0.4, 0.5) is 37.7 Å². The molecule has 27 heavy (non-hydrogen) atoms. The largest absolute Gasteiger partial charge is 0.368 e. The van der Waals surface area contributed by atoms with Gasteiger partial charge in [0.25, 0.3) is 0 Å². The molecule has 2 aromatic carbocycles. The van der Waals surface area contributed by atoms with Gasteiger partial charge < -0.3 is 11.1 Å². The summed E-state index contributed by atoms with van der Waals surface area (Å²) in [6.07, 6.45) is -0.252. The Kier molecular flexibility index (Phi) is 4.84. The highest BCUT2D eigenvalue weighted by Crippen LogP contribution is 2.24. The predicted molar refractivity (Wildman–Crippen MR) is 87.0 cm³/mol. The van der Waals surface area contributed by atoms with Gasteiger partial charge in [-0.3, -0.25) is 0 Å². The smallest absolute Gasteiger partial charge is 0.223 e. The second-order valence-electron chi connectivity index (χ2n) is 5.28. The molecular formula is C16H9F6N5. The molecule has 1 heterocycles. The highest BCUT2D eigenvalue weighted by molar-refractivity contribution is 6.18. The summed E-state index contributed by atoms with van der Waals surface area (Å²) in [4.78, 5) is 11.2. The van der Waals surface area contributed by atoms with E-state index >= 15 is 0 Å². The van der Waals surface area contributed by atoms with Gasteiger partial charge in [0.2, 0.25) is 5.96 Å². The van der Waals surface area contributed by atoms with E-state index in [1.54, 1.807) is 0 Å². The molecule has 2 aromatic rings. The van der Waals surface area contributed by atoms with Crippen molar-refractivity contribution in [1.29, 1.82) is 0 Å². The lowest BCUT2D eigenvalue weighted by atomic mass is 10.2. The van der Waals surface area contributed by atoms with E-state index in [0.717, 1.165) is 12.1 Å². The van der Waals surface area contributed by atoms with Crippen LogP contribution in [0.15, 0.2) is 39.2 Å². The van der Waals surface area contributed by atoms with Crippen LogP contribution in [-0.2, 0) is 0 Å². The molecule has 11 heteroatoms. The third-order valence-corrected chi connectivity index (χ3v) is 3.40. The van der Waals surface area contributed by atoms with E-state index < -0.39 is 46.3 Å². The van der Waals surface area contributed by atoms with Gasteiger partial charge in [-0.05, 0) is 24.3 Å². The summed E-state index contributed by atoms with van der Waals surface area (Å²) in [5.74, 6) is -9.73. The molecule has 0 aromatic heterocycles. The van der Waals surface area contributed by atoms with Crippen LogP contribution in [0.1, 0.15) is 6.42 Å². The highest BCUT2D eigenvalue weighted by Gasteiger charge is 2.19. The SMILES string of the molecule is NC1=NC(=Nc2ccc(F)c(F)c2F)CC(Nc2ccc(F)c(F)c2F)=N1. The molecule has 0 fully saturated rings. The van der Waals surface area contributed by atoms with E-state index in [0.29, 0.717) is 12.1 Å². The van der Waals surface area contributed by atoms with Crippen LogP contribution in [0, 0.1) is 34.9 Å². The van der Waals surface area contributed by atoms with Crippen molar-refractivity contribution < 1.29 is 26.3 Å². The van der Waals surface area contributed by atoms with Crippen molar-refractivity contribution in [2.45, 2.75) is 6.42 Å². The second kappa shape index (κ2) is 7.09. The molecular weight excluding hydrogens is 376 g/mol. The maximum atomic E-state index is 13.7. The number of nitrogens with one attached hydrogen (secondary N) is 1. The summed E-state index contributed by atoms with van der Waals surface area (Å²) in [5.41, 5.74) is 4.52. The van der Waals surface area contributed by atoms with E-state index in [4.69, 9.17) is 5.73 Å². The van der Waals surface area contributed by atoms with Crippen LogP contribution >= 0.6 is 0 Å². The first-order chi connectivity index (χ1) is 12.8. The summed E-state index contributed by atoms with van der Waals surface area (Å²) in [7, 11) is 0. The molecule has 1 aliphatic heterocycles. The average Bonchev–Trinajstić information content (AvgIpc) is 2.62. The molecule has 0 saturated carbocycles. The van der Waals surface area contributed by atoms with E-state index in [2.05, 4.69) is 20.3 Å². The Morgan fingerprint density at radius 2 is 1.44 bits per heavy atom. The Morgan fingerprint density at radius 3 is 2.15 bits per heavy atom. The normalized spacial score (nSPS) is 15.6. The monoisotopic (exact) mass is 385 g/mol. The molecule has 0 unspecified atom stereocenters. The van der Waals surface area contributed by atoms with Gasteiger partial charge in [0.15, 0.2) is 34.9 Å². The van der Waals surface area contributed by atoms with Gasteiger partial charge in [-0.1, -0.05) is 0 Å². The lowest BCUT2D eigenvalue weighted by Gasteiger charge is -2.14. The van der Waals surface area contributed by atoms with Gasteiger partial charge in [0.1, 0.15) is 17.4 Å². The lowest BCUT2D eigenvalue weighted by molar-refractivity contribution is 0.448. The second-order valence-corrected chi connectivity index (χ2v) is 5.28. The summed E-state index contributed by atoms with van der Waals surface area (Å²) < 4.78 is 80.0. The number of nitrogens with two attached hydrogens (primary N) is 1. The van der Waals surface area contributed by atoms with Gasteiger partial charge in [0.05, 0.1) is 12.1 Å². The molecule has 1 aliphatic rings. The van der Waals surface area contributed by atoms with Gasteiger partial charge in [0, 0.05) is 0 Å². The van der Waals surface area contributed by atoms with Gasteiger partial charge in [-0.25, -0.2) is 31.3 Å². The number of anilines is 1. The van der Waals surface area contributed by atoms with Gasteiger partial charge in [-0.15, -0.1) is 0 Å². The molecule has 0 radical (unpaired) electrons. The fourth-order valence-electron chi connectivity index (χ4n) is 2.18. The summed E-state index contributed by atoms with van der Waals surface area (Å²) in [6.45, 7) is 0. The number of hydrogen-bond acceptors (Lipinski definition) is 4. The van der Waals surface area contributed by atoms with Crippen LogP contribution in [0.2, 0.25) is 0 Å². The zero-order valence-corrected chi connectivity index (χ0v) is 13.2. The number of rotatable bonds is 2. The zero-order valence-electron chi connectivity index (χ0n) is 13.2. The number of halogens is 6. The molecule has 3 rings (SSSR count). The maximum absolute atomic E-state index is 13.7. The number of nitrogens with zero attached hydrogens (tertiary/aromatic N) is 3. The van der Waals surface area contributed by atoms with E-state index in [9.17, 15) is 26.3 Å². The van der Waals surface area contributed by atoms with Crippen LogP contribution in [0.5, 0.6) is 0 Å². The molecule has 0 amide bonds. The van der Waals surface area contributed by atoms with Crippen LogP contribution in [0.25, 0.3) is 0 Å². The number of amidine groups is 2. The molecule has 0 saturated heterocycles. The number of guanidine groups is 1.